The van der Waals surface area contributed by atoms with Gasteiger partial charge in [-0.15, -0.1) is 11.3 Å². The molecular formula is C12H10FN3S. The van der Waals surface area contributed by atoms with E-state index in [0.717, 1.165) is 21.9 Å². The Bertz CT molecular complexity index is 654. The van der Waals surface area contributed by atoms with Crippen molar-refractivity contribution < 1.29 is 4.39 Å². The van der Waals surface area contributed by atoms with Crippen LogP contribution in [-0.2, 0) is 6.54 Å². The van der Waals surface area contributed by atoms with Gasteiger partial charge in [-0.1, -0.05) is 0 Å². The SMILES string of the molecule is NCc1ncc2scc(-c3ccc(F)cc3)n12. The Labute approximate surface area is 101 Å². The second-order valence-electron chi connectivity index (χ2n) is 3.68. The molecule has 0 atom stereocenters. The monoisotopic (exact) mass is 247 g/mol. The van der Waals surface area contributed by atoms with Crippen molar-refractivity contribution in [1.29, 1.82) is 0 Å². The highest BCUT2D eigenvalue weighted by molar-refractivity contribution is 7.15. The molecule has 3 rings (SSSR count). The van der Waals surface area contributed by atoms with Crippen LogP contribution in [0.15, 0.2) is 35.8 Å². The Morgan fingerprint density at radius 3 is 2.76 bits per heavy atom. The van der Waals surface area contributed by atoms with Crippen LogP contribution in [0, 0.1) is 5.82 Å². The second-order valence-corrected chi connectivity index (χ2v) is 4.57. The smallest absolute Gasteiger partial charge is 0.128 e. The van der Waals surface area contributed by atoms with Crippen molar-refractivity contribution in [2.45, 2.75) is 6.54 Å². The summed E-state index contributed by atoms with van der Waals surface area (Å²) in [5.74, 6) is 0.588. The average Bonchev–Trinajstić information content (AvgIpc) is 2.91. The van der Waals surface area contributed by atoms with Gasteiger partial charge in [0.25, 0.3) is 0 Å². The highest BCUT2D eigenvalue weighted by Crippen LogP contribution is 2.27. The zero-order valence-corrected chi connectivity index (χ0v) is 9.75. The minimum Gasteiger partial charge on any atom is -0.324 e. The number of rotatable bonds is 2. The first-order valence-corrected chi connectivity index (χ1v) is 6.07. The number of aromatic nitrogens is 2. The Morgan fingerprint density at radius 1 is 1.29 bits per heavy atom. The molecular weight excluding hydrogens is 237 g/mol. The van der Waals surface area contributed by atoms with Gasteiger partial charge in [0.2, 0.25) is 0 Å². The zero-order valence-electron chi connectivity index (χ0n) is 8.93. The maximum atomic E-state index is 12.9. The van der Waals surface area contributed by atoms with Crippen LogP contribution in [0.5, 0.6) is 0 Å². The lowest BCUT2D eigenvalue weighted by Crippen LogP contribution is -2.02. The Balaban J connectivity index is 2.22. The van der Waals surface area contributed by atoms with Crippen molar-refractivity contribution >= 4 is 16.2 Å². The van der Waals surface area contributed by atoms with Crippen molar-refractivity contribution in [3.8, 4) is 11.3 Å². The van der Waals surface area contributed by atoms with E-state index in [0.29, 0.717) is 6.54 Å². The lowest BCUT2D eigenvalue weighted by molar-refractivity contribution is 0.628. The highest BCUT2D eigenvalue weighted by Gasteiger charge is 2.10. The van der Waals surface area contributed by atoms with E-state index in [1.54, 1.807) is 29.7 Å². The number of halogens is 1. The number of thiazole rings is 1. The maximum absolute atomic E-state index is 12.9. The van der Waals surface area contributed by atoms with E-state index in [4.69, 9.17) is 5.73 Å². The van der Waals surface area contributed by atoms with Crippen LogP contribution < -0.4 is 5.73 Å². The van der Waals surface area contributed by atoms with Gasteiger partial charge >= 0.3 is 0 Å². The van der Waals surface area contributed by atoms with Gasteiger partial charge < -0.3 is 5.73 Å². The van der Waals surface area contributed by atoms with E-state index < -0.39 is 0 Å². The molecule has 3 aromatic rings. The van der Waals surface area contributed by atoms with E-state index in [-0.39, 0.29) is 5.82 Å². The van der Waals surface area contributed by atoms with Crippen LogP contribution in [0.3, 0.4) is 0 Å². The minimum absolute atomic E-state index is 0.232. The molecule has 0 aliphatic carbocycles. The molecule has 0 fully saturated rings. The zero-order chi connectivity index (χ0) is 11.8. The van der Waals surface area contributed by atoms with E-state index >= 15 is 0 Å². The predicted octanol–water partition coefficient (Wildman–Crippen LogP) is 2.66. The van der Waals surface area contributed by atoms with Crippen molar-refractivity contribution in [2.75, 3.05) is 0 Å². The molecule has 0 unspecified atom stereocenters. The molecule has 3 nitrogen and oxygen atoms in total. The lowest BCUT2D eigenvalue weighted by atomic mass is 10.2. The third-order valence-corrected chi connectivity index (χ3v) is 3.53. The quantitative estimate of drug-likeness (QED) is 0.756. The minimum atomic E-state index is -0.232. The van der Waals surface area contributed by atoms with Crippen LogP contribution >= 0.6 is 11.3 Å². The molecule has 0 bridgehead atoms. The van der Waals surface area contributed by atoms with E-state index in [1.807, 2.05) is 9.78 Å². The fourth-order valence-electron chi connectivity index (χ4n) is 1.84. The molecule has 1 aromatic carbocycles. The number of benzene rings is 1. The van der Waals surface area contributed by atoms with Gasteiger partial charge in [0.1, 0.15) is 16.5 Å². The average molecular weight is 247 g/mol. The van der Waals surface area contributed by atoms with E-state index in [1.165, 1.54) is 12.1 Å². The summed E-state index contributed by atoms with van der Waals surface area (Å²) in [7, 11) is 0. The van der Waals surface area contributed by atoms with Gasteiger partial charge in [-0.2, -0.15) is 0 Å². The molecule has 2 heterocycles. The van der Waals surface area contributed by atoms with Crippen molar-refractivity contribution in [3.63, 3.8) is 0 Å². The maximum Gasteiger partial charge on any atom is 0.128 e. The number of imidazole rings is 1. The molecule has 2 N–H and O–H groups in total. The predicted molar refractivity (Wildman–Crippen MR) is 66.4 cm³/mol. The van der Waals surface area contributed by atoms with Crippen molar-refractivity contribution in [1.82, 2.24) is 9.38 Å². The molecule has 17 heavy (non-hydrogen) atoms. The number of nitrogens with two attached hydrogens (primary N) is 1. The summed E-state index contributed by atoms with van der Waals surface area (Å²) in [6.45, 7) is 0.388. The third-order valence-electron chi connectivity index (χ3n) is 2.66. The molecule has 0 saturated heterocycles. The summed E-state index contributed by atoms with van der Waals surface area (Å²) in [6.07, 6.45) is 1.81. The number of hydrogen-bond donors (Lipinski definition) is 1. The molecule has 0 amide bonds. The molecule has 0 aliphatic heterocycles. The normalized spacial score (nSPS) is 11.2. The summed E-state index contributed by atoms with van der Waals surface area (Å²) in [5.41, 5.74) is 7.62. The summed E-state index contributed by atoms with van der Waals surface area (Å²) in [6, 6.07) is 6.43. The summed E-state index contributed by atoms with van der Waals surface area (Å²) in [5, 5.41) is 2.03. The molecule has 2 aromatic heterocycles. The first kappa shape index (κ1) is 10.4. The van der Waals surface area contributed by atoms with Crippen LogP contribution in [-0.4, -0.2) is 9.38 Å². The fraction of sp³-hybridized carbons (Fsp3) is 0.0833. The van der Waals surface area contributed by atoms with Gasteiger partial charge in [-0.05, 0) is 29.8 Å². The Hall–Kier alpha value is -1.72. The molecule has 0 radical (unpaired) electrons. The Kier molecular flexibility index (Phi) is 2.42. The number of fused-ring (bicyclic) bond motifs is 1. The van der Waals surface area contributed by atoms with Crippen LogP contribution in [0.2, 0.25) is 0 Å². The molecule has 0 saturated carbocycles. The molecule has 5 heteroatoms. The third kappa shape index (κ3) is 1.64. The second kappa shape index (κ2) is 3.94. The summed E-state index contributed by atoms with van der Waals surface area (Å²) < 4.78 is 14.9. The first-order valence-electron chi connectivity index (χ1n) is 5.19. The van der Waals surface area contributed by atoms with E-state index in [9.17, 15) is 4.39 Å². The van der Waals surface area contributed by atoms with Crippen LogP contribution in [0.4, 0.5) is 4.39 Å². The largest absolute Gasteiger partial charge is 0.324 e. The fourth-order valence-corrected chi connectivity index (χ4v) is 2.74. The van der Waals surface area contributed by atoms with Crippen molar-refractivity contribution in [2.24, 2.45) is 5.73 Å². The highest BCUT2D eigenvalue weighted by atomic mass is 32.1. The molecule has 0 spiro atoms. The number of hydrogen-bond acceptors (Lipinski definition) is 3. The van der Waals surface area contributed by atoms with Gasteiger partial charge in [0, 0.05) is 5.38 Å². The Morgan fingerprint density at radius 2 is 2.06 bits per heavy atom. The molecule has 0 aliphatic rings. The van der Waals surface area contributed by atoms with Gasteiger partial charge in [-0.25, -0.2) is 9.37 Å². The van der Waals surface area contributed by atoms with E-state index in [2.05, 4.69) is 4.98 Å². The van der Waals surface area contributed by atoms with Gasteiger partial charge in [0.05, 0.1) is 18.4 Å². The topological polar surface area (TPSA) is 43.3 Å². The number of nitrogens with zero attached hydrogens (tertiary/aromatic N) is 2. The molecule has 86 valence electrons. The summed E-state index contributed by atoms with van der Waals surface area (Å²) in [4.78, 5) is 5.30. The summed E-state index contributed by atoms with van der Waals surface area (Å²) >= 11 is 1.60. The lowest BCUT2D eigenvalue weighted by Gasteiger charge is -2.02. The van der Waals surface area contributed by atoms with Crippen LogP contribution in [0.25, 0.3) is 16.1 Å². The van der Waals surface area contributed by atoms with Gasteiger partial charge in [-0.3, -0.25) is 4.40 Å². The van der Waals surface area contributed by atoms with Gasteiger partial charge in [0.15, 0.2) is 0 Å². The standard InChI is InChI=1S/C12H10FN3S/c13-9-3-1-8(2-4-9)10-7-17-12-6-15-11(5-14)16(10)12/h1-4,6-7H,5,14H2. The van der Waals surface area contributed by atoms with Crippen LogP contribution in [0.1, 0.15) is 5.82 Å². The first-order chi connectivity index (χ1) is 8.29. The van der Waals surface area contributed by atoms with Crippen molar-refractivity contribution in [3.05, 3.63) is 47.5 Å².